The Morgan fingerprint density at radius 1 is 1.29 bits per heavy atom. The fourth-order valence-electron chi connectivity index (χ4n) is 4.04. The van der Waals surface area contributed by atoms with Gasteiger partial charge in [-0.05, 0) is 78.8 Å². The van der Waals surface area contributed by atoms with Gasteiger partial charge in [0.25, 0.3) is 0 Å². The lowest BCUT2D eigenvalue weighted by Crippen LogP contribution is -2.26. The third-order valence-corrected chi connectivity index (χ3v) is 5.55. The van der Waals surface area contributed by atoms with Gasteiger partial charge in [-0.1, -0.05) is 6.58 Å². The number of methoxy groups -OCH3 is 1. The number of hydrogen-bond donors (Lipinski definition) is 0. The Hall–Kier alpha value is -2.53. The van der Waals surface area contributed by atoms with Crippen LogP contribution in [0.2, 0.25) is 0 Å². The van der Waals surface area contributed by atoms with Crippen LogP contribution in [0.4, 0.5) is 8.78 Å². The molecule has 3 rings (SSSR count). The van der Waals surface area contributed by atoms with Crippen molar-refractivity contribution >= 4 is 6.29 Å². The van der Waals surface area contributed by atoms with Crippen molar-refractivity contribution < 1.29 is 23.0 Å². The maximum atomic E-state index is 13.9. The summed E-state index contributed by atoms with van der Waals surface area (Å²) in [5, 5.41) is 0. The highest BCUT2D eigenvalue weighted by Crippen LogP contribution is 2.45. The summed E-state index contributed by atoms with van der Waals surface area (Å²) >= 11 is 0. The van der Waals surface area contributed by atoms with Gasteiger partial charge in [0.2, 0.25) is 0 Å². The maximum absolute atomic E-state index is 13.9. The number of aryl methyl sites for hydroxylation is 1. The Kier molecular flexibility index (Phi) is 5.94. The molecule has 0 aliphatic heterocycles. The first-order valence-corrected chi connectivity index (χ1v) is 9.23. The van der Waals surface area contributed by atoms with Gasteiger partial charge in [0.1, 0.15) is 30.3 Å². The second-order valence-corrected chi connectivity index (χ2v) is 7.23. The Bertz CT molecular complexity index is 921. The van der Waals surface area contributed by atoms with Gasteiger partial charge in [-0.15, -0.1) is 0 Å². The van der Waals surface area contributed by atoms with Crippen molar-refractivity contribution in [2.45, 2.75) is 39.4 Å². The molecule has 0 bridgehead atoms. The minimum atomic E-state index is -0.508. The highest BCUT2D eigenvalue weighted by atomic mass is 19.1. The van der Waals surface area contributed by atoms with Gasteiger partial charge in [-0.3, -0.25) is 4.79 Å². The van der Waals surface area contributed by atoms with Gasteiger partial charge in [-0.25, -0.2) is 8.78 Å². The van der Waals surface area contributed by atoms with Crippen molar-refractivity contribution in [2.24, 2.45) is 5.92 Å². The highest BCUT2D eigenvalue weighted by Gasteiger charge is 2.34. The Morgan fingerprint density at radius 3 is 2.71 bits per heavy atom. The third kappa shape index (κ3) is 3.72. The van der Waals surface area contributed by atoms with E-state index in [1.807, 2.05) is 19.9 Å². The number of ether oxygens (including phenoxy) is 2. The van der Waals surface area contributed by atoms with E-state index in [0.29, 0.717) is 11.3 Å². The lowest BCUT2D eigenvalue weighted by molar-refractivity contribution is -0.106. The Balaban J connectivity index is 1.97. The van der Waals surface area contributed by atoms with Crippen molar-refractivity contribution in [3.8, 4) is 5.75 Å². The fourth-order valence-corrected chi connectivity index (χ4v) is 4.04. The topological polar surface area (TPSA) is 35.5 Å². The number of carbonyl (C=O) groups is 1. The molecular weight excluding hydrogens is 362 g/mol. The van der Waals surface area contributed by atoms with Crippen LogP contribution in [0.3, 0.4) is 0 Å². The smallest absolute Gasteiger partial charge is 0.145 e. The molecule has 28 heavy (non-hydrogen) atoms. The van der Waals surface area contributed by atoms with Gasteiger partial charge in [0.05, 0.1) is 6.10 Å². The molecule has 148 valence electrons. The SMILES string of the molecule is C=C(C=O)[C@@H]1CCc2c(C)cc(OCc3cc(F)ccc3F)c(C)c2[C@@H]1OC. The first kappa shape index (κ1) is 20.2. The number of fused-ring (bicyclic) bond motifs is 1. The van der Waals surface area contributed by atoms with Crippen LogP contribution in [0.25, 0.3) is 0 Å². The molecule has 0 spiro atoms. The summed E-state index contributed by atoms with van der Waals surface area (Å²) in [6.07, 6.45) is 2.10. The quantitative estimate of drug-likeness (QED) is 0.508. The average Bonchev–Trinajstić information content (AvgIpc) is 2.70. The molecule has 0 unspecified atom stereocenters. The lowest BCUT2D eigenvalue weighted by Gasteiger charge is -2.35. The molecule has 0 heterocycles. The van der Waals surface area contributed by atoms with Crippen LogP contribution < -0.4 is 4.74 Å². The highest BCUT2D eigenvalue weighted by molar-refractivity contribution is 5.73. The maximum Gasteiger partial charge on any atom is 0.145 e. The molecule has 2 aromatic rings. The summed E-state index contributed by atoms with van der Waals surface area (Å²) in [6, 6.07) is 5.23. The van der Waals surface area contributed by atoms with Crippen LogP contribution in [0.1, 0.15) is 40.3 Å². The molecule has 2 atom stereocenters. The summed E-state index contributed by atoms with van der Waals surface area (Å²) in [6.45, 7) is 7.72. The molecule has 0 fully saturated rings. The molecule has 0 amide bonds. The number of rotatable bonds is 6. The predicted molar refractivity (Wildman–Crippen MR) is 103 cm³/mol. The van der Waals surface area contributed by atoms with Crippen LogP contribution in [-0.2, 0) is 22.6 Å². The number of carbonyl (C=O) groups excluding carboxylic acids is 1. The second-order valence-electron chi connectivity index (χ2n) is 7.23. The standard InChI is InChI=1S/C23H24F2O3/c1-13-9-21(28-12-16-10-17(24)5-8-20(16)25)15(3)22-18(13)6-7-19(14(2)11-26)23(22)27-4/h5,8-11,19,23H,2,6-7,12H2,1,3-4H3/t19-,23+/m0/s1. The molecule has 1 aliphatic carbocycles. The molecule has 2 aromatic carbocycles. The van der Waals surface area contributed by atoms with Crippen molar-refractivity contribution in [2.75, 3.05) is 7.11 Å². The lowest BCUT2D eigenvalue weighted by atomic mass is 9.75. The zero-order valence-electron chi connectivity index (χ0n) is 16.4. The van der Waals surface area contributed by atoms with Crippen LogP contribution in [-0.4, -0.2) is 13.4 Å². The molecule has 0 saturated carbocycles. The van der Waals surface area contributed by atoms with Gasteiger partial charge in [0.15, 0.2) is 0 Å². The van der Waals surface area contributed by atoms with Crippen molar-refractivity contribution in [1.29, 1.82) is 0 Å². The predicted octanol–water partition coefficient (Wildman–Crippen LogP) is 5.17. The number of aldehydes is 1. The normalized spacial score (nSPS) is 18.5. The van der Waals surface area contributed by atoms with E-state index in [1.54, 1.807) is 7.11 Å². The molecule has 0 saturated heterocycles. The van der Waals surface area contributed by atoms with E-state index < -0.39 is 11.6 Å². The summed E-state index contributed by atoms with van der Waals surface area (Å²) in [4.78, 5) is 11.3. The third-order valence-electron chi connectivity index (χ3n) is 5.55. The zero-order chi connectivity index (χ0) is 20.4. The number of halogens is 2. The molecule has 3 nitrogen and oxygen atoms in total. The molecule has 1 aliphatic rings. The van der Waals surface area contributed by atoms with Crippen LogP contribution in [0.5, 0.6) is 5.75 Å². The van der Waals surface area contributed by atoms with Crippen LogP contribution >= 0.6 is 0 Å². The first-order chi connectivity index (χ1) is 13.4. The van der Waals surface area contributed by atoms with E-state index in [9.17, 15) is 13.6 Å². The molecule has 0 radical (unpaired) electrons. The van der Waals surface area contributed by atoms with E-state index in [4.69, 9.17) is 9.47 Å². The van der Waals surface area contributed by atoms with Crippen molar-refractivity contribution in [3.05, 3.63) is 75.9 Å². The van der Waals surface area contributed by atoms with Gasteiger partial charge < -0.3 is 9.47 Å². The summed E-state index contributed by atoms with van der Waals surface area (Å²) in [5.74, 6) is -0.512. The van der Waals surface area contributed by atoms with Crippen LogP contribution in [0, 0.1) is 31.4 Å². The fraction of sp³-hybridized carbons (Fsp3) is 0.348. The number of benzene rings is 2. The van der Waals surface area contributed by atoms with Crippen LogP contribution in [0.15, 0.2) is 36.4 Å². The molecule has 5 heteroatoms. The zero-order valence-corrected chi connectivity index (χ0v) is 16.4. The summed E-state index contributed by atoms with van der Waals surface area (Å²) in [7, 11) is 1.62. The average molecular weight is 386 g/mol. The van der Waals surface area contributed by atoms with E-state index in [0.717, 1.165) is 54.0 Å². The number of hydrogen-bond acceptors (Lipinski definition) is 3. The van der Waals surface area contributed by atoms with Crippen molar-refractivity contribution in [1.82, 2.24) is 0 Å². The van der Waals surface area contributed by atoms with Crippen molar-refractivity contribution in [3.63, 3.8) is 0 Å². The second kappa shape index (κ2) is 8.23. The Labute approximate surface area is 164 Å². The van der Waals surface area contributed by atoms with E-state index >= 15 is 0 Å². The Morgan fingerprint density at radius 2 is 2.04 bits per heavy atom. The minimum absolute atomic E-state index is 0.0786. The minimum Gasteiger partial charge on any atom is -0.489 e. The van der Waals surface area contributed by atoms with E-state index in [-0.39, 0.29) is 24.2 Å². The summed E-state index contributed by atoms with van der Waals surface area (Å²) < 4.78 is 39.0. The first-order valence-electron chi connectivity index (χ1n) is 9.23. The van der Waals surface area contributed by atoms with Gasteiger partial charge in [-0.2, -0.15) is 0 Å². The molecule has 0 N–H and O–H groups in total. The molecule has 0 aromatic heterocycles. The van der Waals surface area contributed by atoms with E-state index in [1.165, 1.54) is 5.56 Å². The van der Waals surface area contributed by atoms with E-state index in [2.05, 4.69) is 6.58 Å². The monoisotopic (exact) mass is 386 g/mol. The van der Waals surface area contributed by atoms with Gasteiger partial charge >= 0.3 is 0 Å². The van der Waals surface area contributed by atoms with Gasteiger partial charge in [0, 0.05) is 18.6 Å². The molecular formula is C23H24F2O3. The largest absolute Gasteiger partial charge is 0.489 e. The summed E-state index contributed by atoms with van der Waals surface area (Å²) in [5.41, 5.74) is 4.79.